The number of anilines is 1. The van der Waals surface area contributed by atoms with E-state index in [9.17, 15) is 0 Å². The van der Waals surface area contributed by atoms with Gasteiger partial charge in [0, 0.05) is 26.2 Å². The highest BCUT2D eigenvalue weighted by Crippen LogP contribution is 2.22. The lowest BCUT2D eigenvalue weighted by Crippen LogP contribution is -2.46. The molecule has 0 saturated carbocycles. The number of rotatable bonds is 3. The fourth-order valence-corrected chi connectivity index (χ4v) is 2.48. The first-order valence-electron chi connectivity index (χ1n) is 6.44. The number of nitrogens with zero attached hydrogens (tertiary/aromatic N) is 6. The molecule has 1 aliphatic heterocycles. The normalized spacial score (nSPS) is 16.6. The van der Waals surface area contributed by atoms with Crippen LogP contribution in [0.4, 0.5) is 5.82 Å². The van der Waals surface area contributed by atoms with Gasteiger partial charge < -0.3 is 9.42 Å². The maximum absolute atomic E-state index is 6.11. The minimum atomic E-state index is 0.591. The van der Waals surface area contributed by atoms with Crippen LogP contribution in [0.25, 0.3) is 0 Å². The van der Waals surface area contributed by atoms with Crippen LogP contribution in [0.2, 0.25) is 5.02 Å². The predicted molar refractivity (Wildman–Crippen MR) is 73.6 cm³/mol. The lowest BCUT2D eigenvalue weighted by Gasteiger charge is -2.34. The third-order valence-electron chi connectivity index (χ3n) is 3.25. The van der Waals surface area contributed by atoms with Crippen molar-refractivity contribution in [3.8, 4) is 0 Å². The smallest absolute Gasteiger partial charge is 0.240 e. The fraction of sp³-hybridized carbons (Fsp3) is 0.500. The van der Waals surface area contributed by atoms with Crippen molar-refractivity contribution in [1.82, 2.24) is 25.0 Å². The lowest BCUT2D eigenvalue weighted by atomic mass is 10.3. The summed E-state index contributed by atoms with van der Waals surface area (Å²) in [5.74, 6) is 2.14. The van der Waals surface area contributed by atoms with Crippen LogP contribution in [0.5, 0.6) is 0 Å². The molecule has 0 N–H and O–H groups in total. The topological polar surface area (TPSA) is 71.2 Å². The van der Waals surface area contributed by atoms with E-state index >= 15 is 0 Å². The van der Waals surface area contributed by atoms with Gasteiger partial charge in [-0.15, -0.1) is 0 Å². The van der Waals surface area contributed by atoms with E-state index in [4.69, 9.17) is 16.1 Å². The molecular formula is C12H15ClN6O. The van der Waals surface area contributed by atoms with E-state index in [1.165, 1.54) is 6.33 Å². The van der Waals surface area contributed by atoms with Crippen LogP contribution in [-0.4, -0.2) is 51.2 Å². The quantitative estimate of drug-likeness (QED) is 0.840. The van der Waals surface area contributed by atoms with E-state index in [0.717, 1.165) is 32.0 Å². The van der Waals surface area contributed by atoms with Crippen LogP contribution >= 0.6 is 11.6 Å². The Hall–Kier alpha value is -1.73. The van der Waals surface area contributed by atoms with Crippen molar-refractivity contribution in [2.75, 3.05) is 31.1 Å². The molecule has 0 aliphatic carbocycles. The third-order valence-corrected chi connectivity index (χ3v) is 3.52. The largest absolute Gasteiger partial charge is 0.353 e. The van der Waals surface area contributed by atoms with Crippen molar-refractivity contribution < 1.29 is 4.52 Å². The molecule has 0 amide bonds. The van der Waals surface area contributed by atoms with Crippen LogP contribution in [-0.2, 0) is 6.54 Å². The second-order valence-corrected chi connectivity index (χ2v) is 5.10. The first-order valence-corrected chi connectivity index (χ1v) is 6.82. The number of hydrogen-bond donors (Lipinski definition) is 0. The Morgan fingerprint density at radius 2 is 2.10 bits per heavy atom. The van der Waals surface area contributed by atoms with Gasteiger partial charge >= 0.3 is 0 Å². The summed E-state index contributed by atoms with van der Waals surface area (Å²) < 4.78 is 5.14. The molecular weight excluding hydrogens is 280 g/mol. The zero-order valence-corrected chi connectivity index (χ0v) is 11.9. The summed E-state index contributed by atoms with van der Waals surface area (Å²) >= 11 is 6.11. The van der Waals surface area contributed by atoms with Crippen molar-refractivity contribution in [3.05, 3.63) is 29.3 Å². The predicted octanol–water partition coefficient (Wildman–Crippen LogP) is 1.14. The molecule has 106 valence electrons. The highest BCUT2D eigenvalue weighted by atomic mass is 35.5. The van der Waals surface area contributed by atoms with E-state index < -0.39 is 0 Å². The molecule has 2 aromatic heterocycles. The summed E-state index contributed by atoms with van der Waals surface area (Å²) in [5.41, 5.74) is 0. The minimum Gasteiger partial charge on any atom is -0.353 e. The average Bonchev–Trinajstić information content (AvgIpc) is 2.86. The second-order valence-electron chi connectivity index (χ2n) is 4.69. The molecule has 0 unspecified atom stereocenters. The van der Waals surface area contributed by atoms with Crippen molar-refractivity contribution in [2.24, 2.45) is 0 Å². The Bertz CT molecular complexity index is 581. The maximum atomic E-state index is 6.11. The van der Waals surface area contributed by atoms with Crippen LogP contribution in [0.3, 0.4) is 0 Å². The van der Waals surface area contributed by atoms with Crippen molar-refractivity contribution >= 4 is 17.4 Å². The maximum Gasteiger partial charge on any atom is 0.240 e. The van der Waals surface area contributed by atoms with Crippen LogP contribution < -0.4 is 4.90 Å². The van der Waals surface area contributed by atoms with Gasteiger partial charge in [-0.3, -0.25) is 4.90 Å². The molecule has 1 fully saturated rings. The number of halogens is 1. The lowest BCUT2D eigenvalue weighted by molar-refractivity contribution is 0.215. The van der Waals surface area contributed by atoms with Crippen LogP contribution in [0.15, 0.2) is 17.0 Å². The monoisotopic (exact) mass is 294 g/mol. The number of piperazine rings is 1. The standard InChI is InChI=1S/C12H15ClN6O/c1-9-16-11(20-17-9)7-18-2-4-19(5-3-18)12-10(13)6-14-8-15-12/h6,8H,2-5,7H2,1H3. The SMILES string of the molecule is Cc1noc(CN2CCN(c3ncncc3Cl)CC2)n1. The van der Waals surface area contributed by atoms with E-state index in [-0.39, 0.29) is 0 Å². The van der Waals surface area contributed by atoms with E-state index in [1.807, 2.05) is 6.92 Å². The van der Waals surface area contributed by atoms with Crippen molar-refractivity contribution in [2.45, 2.75) is 13.5 Å². The molecule has 0 aromatic carbocycles. The van der Waals surface area contributed by atoms with Crippen LogP contribution in [0, 0.1) is 6.92 Å². The van der Waals surface area contributed by atoms with Gasteiger partial charge in [0.2, 0.25) is 5.89 Å². The number of aromatic nitrogens is 4. The van der Waals surface area contributed by atoms with Gasteiger partial charge in [0.25, 0.3) is 0 Å². The van der Waals surface area contributed by atoms with Gasteiger partial charge in [-0.1, -0.05) is 16.8 Å². The Kier molecular flexibility index (Phi) is 3.79. The Balaban J connectivity index is 1.58. The van der Waals surface area contributed by atoms with E-state index in [1.54, 1.807) is 6.20 Å². The van der Waals surface area contributed by atoms with Gasteiger partial charge in [-0.25, -0.2) is 9.97 Å². The van der Waals surface area contributed by atoms with Gasteiger partial charge in [-0.05, 0) is 6.92 Å². The first kappa shape index (κ1) is 13.3. The van der Waals surface area contributed by atoms with Gasteiger partial charge in [0.1, 0.15) is 11.3 Å². The molecule has 0 atom stereocenters. The third kappa shape index (κ3) is 2.88. The molecule has 3 rings (SSSR count). The molecule has 3 heterocycles. The highest BCUT2D eigenvalue weighted by molar-refractivity contribution is 6.32. The zero-order chi connectivity index (χ0) is 13.9. The molecule has 20 heavy (non-hydrogen) atoms. The zero-order valence-electron chi connectivity index (χ0n) is 11.2. The summed E-state index contributed by atoms with van der Waals surface area (Å²) in [7, 11) is 0. The molecule has 8 heteroatoms. The second kappa shape index (κ2) is 5.72. The van der Waals surface area contributed by atoms with E-state index in [2.05, 4.69) is 29.9 Å². The summed E-state index contributed by atoms with van der Waals surface area (Å²) in [6.07, 6.45) is 3.15. The summed E-state index contributed by atoms with van der Waals surface area (Å²) in [6.45, 7) is 6.05. The summed E-state index contributed by atoms with van der Waals surface area (Å²) in [4.78, 5) is 16.8. The average molecular weight is 295 g/mol. The van der Waals surface area contributed by atoms with Crippen LogP contribution in [0.1, 0.15) is 11.7 Å². The molecule has 1 saturated heterocycles. The number of hydrogen-bond acceptors (Lipinski definition) is 7. The summed E-state index contributed by atoms with van der Waals surface area (Å²) in [5, 5.41) is 4.39. The minimum absolute atomic E-state index is 0.591. The van der Waals surface area contributed by atoms with Crippen molar-refractivity contribution in [1.29, 1.82) is 0 Å². The highest BCUT2D eigenvalue weighted by Gasteiger charge is 2.21. The van der Waals surface area contributed by atoms with Crippen molar-refractivity contribution in [3.63, 3.8) is 0 Å². The first-order chi connectivity index (χ1) is 9.72. The Morgan fingerprint density at radius 3 is 2.75 bits per heavy atom. The fourth-order valence-electron chi connectivity index (χ4n) is 2.25. The van der Waals surface area contributed by atoms with Gasteiger partial charge in [0.15, 0.2) is 11.6 Å². The molecule has 7 nitrogen and oxygen atoms in total. The Morgan fingerprint density at radius 1 is 1.30 bits per heavy atom. The molecule has 1 aliphatic rings. The molecule has 0 radical (unpaired) electrons. The molecule has 2 aromatic rings. The van der Waals surface area contributed by atoms with Gasteiger partial charge in [0.05, 0.1) is 12.7 Å². The number of aryl methyl sites for hydroxylation is 1. The molecule has 0 spiro atoms. The van der Waals surface area contributed by atoms with Gasteiger partial charge in [-0.2, -0.15) is 4.98 Å². The Labute approximate surface area is 121 Å². The summed E-state index contributed by atoms with van der Waals surface area (Å²) in [6, 6.07) is 0. The van der Waals surface area contributed by atoms with E-state index in [0.29, 0.717) is 23.3 Å². The molecule has 0 bridgehead atoms.